The molecule has 0 saturated carbocycles. The van der Waals surface area contributed by atoms with Crippen LogP contribution in [0.5, 0.6) is 0 Å². The highest BCUT2D eigenvalue weighted by molar-refractivity contribution is 7.17. The summed E-state index contributed by atoms with van der Waals surface area (Å²) in [6.45, 7) is 7.94. The van der Waals surface area contributed by atoms with Crippen molar-refractivity contribution < 1.29 is 23.1 Å². The Morgan fingerprint density at radius 3 is 2.46 bits per heavy atom. The van der Waals surface area contributed by atoms with Gasteiger partial charge in [0.1, 0.15) is 11.5 Å². The zero-order valence-corrected chi connectivity index (χ0v) is 21.4. The summed E-state index contributed by atoms with van der Waals surface area (Å²) in [4.78, 5) is 37.0. The third-order valence-electron chi connectivity index (χ3n) is 6.34. The summed E-state index contributed by atoms with van der Waals surface area (Å²) in [6.07, 6.45) is 3.81. The lowest BCUT2D eigenvalue weighted by Gasteiger charge is -2.23. The number of ether oxygens (including phenoxy) is 1. The zero-order valence-electron chi connectivity index (χ0n) is 20.6. The Labute approximate surface area is 208 Å². The van der Waals surface area contributed by atoms with Gasteiger partial charge in [-0.3, -0.25) is 4.79 Å². The fourth-order valence-electron chi connectivity index (χ4n) is 4.77. The van der Waals surface area contributed by atoms with Gasteiger partial charge in [-0.2, -0.15) is 0 Å². The maximum Gasteiger partial charge on any atom is 0.367 e. The minimum atomic E-state index is -2.80. The minimum Gasteiger partial charge on any atom is -0.460 e. The second kappa shape index (κ2) is 10.2. The van der Waals surface area contributed by atoms with Crippen LogP contribution in [0.2, 0.25) is 0 Å². The first-order chi connectivity index (χ1) is 16.6. The highest BCUT2D eigenvalue weighted by atomic mass is 32.1. The molecule has 2 bridgehead atoms. The molecule has 1 amide bonds. The number of fused-ring (bicyclic) bond motifs is 2. The minimum absolute atomic E-state index is 0.0110. The number of carbonyl (C=O) groups is 2. The second-order valence-electron chi connectivity index (χ2n) is 10.2. The molecule has 0 aliphatic carbocycles. The van der Waals surface area contributed by atoms with Gasteiger partial charge in [-0.25, -0.2) is 23.5 Å². The maximum absolute atomic E-state index is 14.2. The summed E-state index contributed by atoms with van der Waals surface area (Å²) in [5, 5.41) is 3.09. The van der Waals surface area contributed by atoms with Crippen molar-refractivity contribution in [3.63, 3.8) is 0 Å². The molecular weight excluding hydrogens is 474 g/mol. The van der Waals surface area contributed by atoms with Gasteiger partial charge in [-0.1, -0.05) is 13.3 Å². The number of hydrogen-bond acceptors (Lipinski definition) is 7. The van der Waals surface area contributed by atoms with Crippen molar-refractivity contribution in [1.29, 1.82) is 0 Å². The summed E-state index contributed by atoms with van der Waals surface area (Å²) in [6, 6.07) is 1.57. The van der Waals surface area contributed by atoms with Crippen molar-refractivity contribution in [2.24, 2.45) is 0 Å². The third kappa shape index (κ3) is 5.47. The van der Waals surface area contributed by atoms with E-state index in [0.717, 1.165) is 43.4 Å². The molecule has 2 aliphatic rings. The van der Waals surface area contributed by atoms with Gasteiger partial charge in [0.25, 0.3) is 12.3 Å². The number of amides is 1. The lowest BCUT2D eigenvalue weighted by molar-refractivity contribution is 0.0499. The number of nitrogens with one attached hydrogen (secondary N) is 1. The van der Waals surface area contributed by atoms with Crippen LogP contribution in [0.25, 0.3) is 10.4 Å². The van der Waals surface area contributed by atoms with E-state index in [4.69, 9.17) is 4.74 Å². The van der Waals surface area contributed by atoms with Crippen LogP contribution in [-0.4, -0.2) is 51.0 Å². The third-order valence-corrected chi connectivity index (χ3v) is 7.41. The van der Waals surface area contributed by atoms with Crippen LogP contribution in [0.3, 0.4) is 0 Å². The van der Waals surface area contributed by atoms with Gasteiger partial charge < -0.3 is 15.0 Å². The van der Waals surface area contributed by atoms with Gasteiger partial charge in [-0.05, 0) is 58.9 Å². The first kappa shape index (κ1) is 25.5. The molecule has 4 heterocycles. The van der Waals surface area contributed by atoms with E-state index in [9.17, 15) is 18.4 Å². The largest absolute Gasteiger partial charge is 0.460 e. The SMILES string of the molecule is CCCCOC(=O)c1nc(C(=O)N2C3CCC2CC3)c(-c2cnc(NC(C)(C)C)cc2C(F)F)s1. The lowest BCUT2D eigenvalue weighted by atomic mass is 10.0. The van der Waals surface area contributed by atoms with E-state index in [1.807, 2.05) is 32.6 Å². The number of rotatable bonds is 8. The van der Waals surface area contributed by atoms with Crippen molar-refractivity contribution in [2.45, 2.75) is 90.3 Å². The predicted octanol–water partition coefficient (Wildman–Crippen LogP) is 6.08. The number of pyridine rings is 1. The Bertz CT molecular complexity index is 1080. The molecule has 1 N–H and O–H groups in total. The number of halogens is 2. The standard InChI is InChI=1S/C25H32F2N4O3S/c1-5-6-11-34-24(33)22-29-19(23(32)31-14-7-8-15(31)10-9-14)20(35-22)17-13-28-18(30-25(2,3)4)12-16(17)21(26)27/h12-15,21H,5-11H2,1-4H3,(H,28,30). The molecule has 190 valence electrons. The van der Waals surface area contributed by atoms with Gasteiger partial charge in [0.2, 0.25) is 5.01 Å². The Kier molecular flexibility index (Phi) is 7.40. The number of thiazole rings is 1. The van der Waals surface area contributed by atoms with Crippen molar-refractivity contribution >= 4 is 29.0 Å². The normalized spacial score (nSPS) is 19.5. The van der Waals surface area contributed by atoms with Gasteiger partial charge in [0.15, 0.2) is 0 Å². The number of anilines is 1. The summed E-state index contributed by atoms with van der Waals surface area (Å²) >= 11 is 0.912. The van der Waals surface area contributed by atoms with Crippen LogP contribution >= 0.6 is 11.3 Å². The van der Waals surface area contributed by atoms with Crippen molar-refractivity contribution in [3.05, 3.63) is 28.5 Å². The molecule has 0 unspecified atom stereocenters. The van der Waals surface area contributed by atoms with E-state index < -0.39 is 12.4 Å². The molecule has 0 atom stereocenters. The molecule has 35 heavy (non-hydrogen) atoms. The Hall–Kier alpha value is -2.62. The molecule has 2 aromatic rings. The van der Waals surface area contributed by atoms with Gasteiger partial charge in [0.05, 0.1) is 11.5 Å². The Morgan fingerprint density at radius 1 is 1.23 bits per heavy atom. The summed E-state index contributed by atoms with van der Waals surface area (Å²) in [7, 11) is 0. The predicted molar refractivity (Wildman–Crippen MR) is 131 cm³/mol. The number of alkyl halides is 2. The first-order valence-electron chi connectivity index (χ1n) is 12.2. The Morgan fingerprint density at radius 2 is 1.89 bits per heavy atom. The average Bonchev–Trinajstić information content (AvgIpc) is 3.52. The number of esters is 1. The monoisotopic (exact) mass is 506 g/mol. The Balaban J connectivity index is 1.76. The molecule has 4 rings (SSSR count). The molecule has 0 radical (unpaired) electrons. The first-order valence-corrected chi connectivity index (χ1v) is 13.0. The van der Waals surface area contributed by atoms with Crippen LogP contribution < -0.4 is 5.32 Å². The highest BCUT2D eigenvalue weighted by Gasteiger charge is 2.44. The van der Waals surface area contributed by atoms with Crippen LogP contribution in [0, 0.1) is 0 Å². The highest BCUT2D eigenvalue weighted by Crippen LogP contribution is 2.42. The molecule has 0 spiro atoms. The molecular formula is C25H32F2N4O3S. The van der Waals surface area contributed by atoms with Crippen molar-refractivity contribution in [1.82, 2.24) is 14.9 Å². The van der Waals surface area contributed by atoms with E-state index in [2.05, 4.69) is 15.3 Å². The lowest BCUT2D eigenvalue weighted by Crippen LogP contribution is -2.35. The quantitative estimate of drug-likeness (QED) is 0.345. The summed E-state index contributed by atoms with van der Waals surface area (Å²) < 4.78 is 33.7. The number of hydrogen-bond donors (Lipinski definition) is 1. The van der Waals surface area contributed by atoms with Crippen molar-refractivity contribution in [2.75, 3.05) is 11.9 Å². The molecule has 7 nitrogen and oxygen atoms in total. The molecule has 10 heteroatoms. The smallest absolute Gasteiger partial charge is 0.367 e. The molecule has 2 saturated heterocycles. The van der Waals surface area contributed by atoms with E-state index in [-0.39, 0.29) is 56.8 Å². The number of nitrogens with zero attached hydrogens (tertiary/aromatic N) is 3. The van der Waals surface area contributed by atoms with Gasteiger partial charge in [0, 0.05) is 34.9 Å². The van der Waals surface area contributed by atoms with Crippen molar-refractivity contribution in [3.8, 4) is 10.4 Å². The molecule has 2 aliphatic heterocycles. The number of unbranched alkanes of at least 4 members (excludes halogenated alkanes) is 1. The van der Waals surface area contributed by atoms with Crippen LogP contribution in [0.1, 0.15) is 98.5 Å². The fourth-order valence-corrected chi connectivity index (χ4v) is 5.75. The second-order valence-corrected chi connectivity index (χ2v) is 11.2. The number of carbonyl (C=O) groups excluding carboxylic acids is 2. The van der Waals surface area contributed by atoms with Crippen LogP contribution in [0.15, 0.2) is 12.3 Å². The van der Waals surface area contributed by atoms with E-state index in [1.54, 1.807) is 0 Å². The van der Waals surface area contributed by atoms with Gasteiger partial charge in [-0.15, -0.1) is 11.3 Å². The fraction of sp³-hybridized carbons (Fsp3) is 0.600. The van der Waals surface area contributed by atoms with Gasteiger partial charge >= 0.3 is 5.97 Å². The number of aromatic nitrogens is 2. The summed E-state index contributed by atoms with van der Waals surface area (Å²) in [5.74, 6) is -0.651. The molecule has 2 fully saturated rings. The topological polar surface area (TPSA) is 84.4 Å². The summed E-state index contributed by atoms with van der Waals surface area (Å²) in [5.41, 5.74) is -0.500. The zero-order chi connectivity index (χ0) is 25.3. The van der Waals surface area contributed by atoms with Crippen LogP contribution in [-0.2, 0) is 4.74 Å². The maximum atomic E-state index is 14.2. The van der Waals surface area contributed by atoms with E-state index >= 15 is 0 Å². The van der Waals surface area contributed by atoms with E-state index in [1.165, 1.54) is 12.3 Å². The molecule has 2 aromatic heterocycles. The van der Waals surface area contributed by atoms with E-state index in [0.29, 0.717) is 12.2 Å². The average molecular weight is 507 g/mol. The molecule has 0 aromatic carbocycles. The van der Waals surface area contributed by atoms with Crippen LogP contribution in [0.4, 0.5) is 14.6 Å².